The number of halogens is 4. The first-order valence-electron chi connectivity index (χ1n) is 4.57. The van der Waals surface area contributed by atoms with Crippen molar-refractivity contribution in [3.8, 4) is 0 Å². The van der Waals surface area contributed by atoms with Crippen molar-refractivity contribution in [2.75, 3.05) is 0 Å². The van der Waals surface area contributed by atoms with Gasteiger partial charge in [-0.2, -0.15) is 0 Å². The molecule has 80 valence electrons. The zero-order chi connectivity index (χ0) is 11.4. The Balaban J connectivity index is 2.63. The van der Waals surface area contributed by atoms with Crippen LogP contribution in [0.2, 0.25) is 0 Å². The quantitative estimate of drug-likeness (QED) is 0.424. The Morgan fingerprint density at radius 3 is 2.25 bits per heavy atom. The molecule has 0 aliphatic heterocycles. The third-order valence-electron chi connectivity index (χ3n) is 2.69. The third-order valence-corrected chi connectivity index (χ3v) is 5.23. The minimum absolute atomic E-state index is 1.10. The third kappa shape index (κ3) is 1.50. The van der Waals surface area contributed by atoms with Gasteiger partial charge in [-0.05, 0) is 23.8 Å². The molecule has 1 aliphatic carbocycles. The molecule has 0 radical (unpaired) electrons. The molecule has 0 unspecified atom stereocenters. The van der Waals surface area contributed by atoms with E-state index >= 15 is 0 Å². The molecule has 2 aromatic rings. The zero-order valence-electron chi connectivity index (χ0n) is 7.82. The van der Waals surface area contributed by atoms with Crippen LogP contribution in [0.4, 0.5) is 0 Å². The van der Waals surface area contributed by atoms with Gasteiger partial charge in [0.2, 0.25) is 0 Å². The van der Waals surface area contributed by atoms with Gasteiger partial charge in [-0.3, -0.25) is 0 Å². The second-order valence-corrected chi connectivity index (χ2v) is 7.01. The maximum Gasteiger partial charge on any atom is 0.0276 e. The summed E-state index contributed by atoms with van der Waals surface area (Å²) in [5.41, 5.74) is 2.48. The van der Waals surface area contributed by atoms with E-state index in [4.69, 9.17) is 0 Å². The maximum absolute atomic E-state index is 3.62. The van der Waals surface area contributed by atoms with E-state index in [0.717, 1.165) is 17.9 Å². The molecule has 4 heteroatoms. The molecule has 0 aromatic heterocycles. The van der Waals surface area contributed by atoms with Crippen molar-refractivity contribution in [3.63, 3.8) is 0 Å². The molecule has 0 atom stereocenters. The first-order chi connectivity index (χ1) is 7.59. The Bertz CT molecular complexity index is 656. The van der Waals surface area contributed by atoms with Crippen LogP contribution in [0.15, 0.2) is 31.6 Å². The summed E-state index contributed by atoms with van der Waals surface area (Å²) in [6, 6.07) is 6.30. The van der Waals surface area contributed by atoms with Gasteiger partial charge in [0.25, 0.3) is 0 Å². The Hall–Kier alpha value is 0.360. The predicted molar refractivity (Wildman–Crippen MR) is 83.8 cm³/mol. The highest BCUT2D eigenvalue weighted by molar-refractivity contribution is 9.15. The number of hydrogen-bond donors (Lipinski definition) is 0. The van der Waals surface area contributed by atoms with Gasteiger partial charge < -0.3 is 0 Å². The minimum atomic E-state index is 1.10. The first-order valence-corrected chi connectivity index (χ1v) is 7.74. The second kappa shape index (κ2) is 3.94. The molecular weight excluding hydrogens is 464 g/mol. The van der Waals surface area contributed by atoms with Crippen LogP contribution in [0.5, 0.6) is 0 Å². The van der Waals surface area contributed by atoms with Crippen LogP contribution < -0.4 is 0 Å². The molecule has 2 aromatic carbocycles. The lowest BCUT2D eigenvalue weighted by molar-refractivity contribution is 1.61. The lowest BCUT2D eigenvalue weighted by Crippen LogP contribution is -1.84. The molecule has 0 bridgehead atoms. The summed E-state index contributed by atoms with van der Waals surface area (Å²) in [7, 11) is 0. The maximum atomic E-state index is 3.62. The van der Waals surface area contributed by atoms with E-state index in [2.05, 4.69) is 88.0 Å². The SMILES string of the molecule is BrC1=Cc2ccc(Br)c3c(Br)cc(Br)c1c23. The first kappa shape index (κ1) is 11.5. The molecular formula is C12H4Br4. The van der Waals surface area contributed by atoms with Crippen molar-refractivity contribution in [1.82, 2.24) is 0 Å². The van der Waals surface area contributed by atoms with E-state index in [1.54, 1.807) is 0 Å². The van der Waals surface area contributed by atoms with Crippen LogP contribution in [0, 0.1) is 0 Å². The van der Waals surface area contributed by atoms with Crippen LogP contribution in [-0.4, -0.2) is 0 Å². The van der Waals surface area contributed by atoms with E-state index < -0.39 is 0 Å². The van der Waals surface area contributed by atoms with Crippen molar-refractivity contribution in [2.45, 2.75) is 0 Å². The van der Waals surface area contributed by atoms with Gasteiger partial charge >= 0.3 is 0 Å². The topological polar surface area (TPSA) is 0 Å². The monoisotopic (exact) mass is 464 g/mol. The second-order valence-electron chi connectivity index (χ2n) is 3.59. The van der Waals surface area contributed by atoms with Crippen LogP contribution in [-0.2, 0) is 0 Å². The molecule has 0 amide bonds. The Morgan fingerprint density at radius 1 is 0.750 bits per heavy atom. The van der Waals surface area contributed by atoms with Gasteiger partial charge in [-0.1, -0.05) is 69.8 Å². The highest BCUT2D eigenvalue weighted by Crippen LogP contribution is 2.47. The lowest BCUT2D eigenvalue weighted by atomic mass is 10.0. The van der Waals surface area contributed by atoms with E-state index in [-0.39, 0.29) is 0 Å². The molecule has 0 spiro atoms. The van der Waals surface area contributed by atoms with E-state index in [9.17, 15) is 0 Å². The highest BCUT2D eigenvalue weighted by atomic mass is 79.9. The van der Waals surface area contributed by atoms with Gasteiger partial charge in [0, 0.05) is 34.2 Å². The summed E-state index contributed by atoms with van der Waals surface area (Å²) in [5, 5.41) is 2.50. The van der Waals surface area contributed by atoms with E-state index in [1.807, 2.05) is 0 Å². The van der Waals surface area contributed by atoms with Crippen molar-refractivity contribution < 1.29 is 0 Å². The van der Waals surface area contributed by atoms with Gasteiger partial charge in [-0.25, -0.2) is 0 Å². The number of rotatable bonds is 0. The summed E-state index contributed by atoms with van der Waals surface area (Å²) in [5.74, 6) is 0. The summed E-state index contributed by atoms with van der Waals surface area (Å²) >= 11 is 14.4. The Kier molecular flexibility index (Phi) is 2.82. The molecule has 1 aliphatic rings. The summed E-state index contributed by atoms with van der Waals surface area (Å²) in [6.45, 7) is 0. The molecule has 0 heterocycles. The number of hydrogen-bond acceptors (Lipinski definition) is 0. The van der Waals surface area contributed by atoms with Gasteiger partial charge in [-0.15, -0.1) is 0 Å². The van der Waals surface area contributed by atoms with Crippen LogP contribution in [0.25, 0.3) is 21.3 Å². The standard InChI is InChI=1S/C12H4Br4/c13-6-2-1-5-3-7(14)12-9(16)4-8(15)11(6)10(5)12/h1-4H. The average molecular weight is 468 g/mol. The highest BCUT2D eigenvalue weighted by Gasteiger charge is 2.20. The van der Waals surface area contributed by atoms with Crippen molar-refractivity contribution in [1.29, 1.82) is 0 Å². The van der Waals surface area contributed by atoms with Crippen molar-refractivity contribution >= 4 is 85.1 Å². The van der Waals surface area contributed by atoms with Gasteiger partial charge in [0.1, 0.15) is 0 Å². The molecule has 3 rings (SSSR count). The molecule has 0 fully saturated rings. The molecule has 0 saturated heterocycles. The fourth-order valence-corrected chi connectivity index (χ4v) is 5.36. The zero-order valence-corrected chi connectivity index (χ0v) is 14.2. The molecule has 0 saturated carbocycles. The van der Waals surface area contributed by atoms with Crippen LogP contribution >= 0.6 is 63.7 Å². The summed E-state index contributed by atoms with van der Waals surface area (Å²) in [4.78, 5) is 0. The van der Waals surface area contributed by atoms with Crippen LogP contribution in [0.3, 0.4) is 0 Å². The predicted octanol–water partition coefficient (Wildman–Crippen LogP) is 6.33. The Labute approximate surface area is 127 Å². The fraction of sp³-hybridized carbons (Fsp3) is 0. The summed E-state index contributed by atoms with van der Waals surface area (Å²) in [6.07, 6.45) is 2.15. The molecule has 0 N–H and O–H groups in total. The molecule has 16 heavy (non-hydrogen) atoms. The fourth-order valence-electron chi connectivity index (χ4n) is 2.03. The minimum Gasteiger partial charge on any atom is -0.0532 e. The normalized spacial score (nSPS) is 13.4. The van der Waals surface area contributed by atoms with Crippen LogP contribution in [0.1, 0.15) is 11.1 Å². The summed E-state index contributed by atoms with van der Waals surface area (Å²) < 4.78 is 4.45. The molecule has 0 nitrogen and oxygen atoms in total. The lowest BCUT2D eigenvalue weighted by Gasteiger charge is -2.09. The van der Waals surface area contributed by atoms with Gasteiger partial charge in [0.15, 0.2) is 0 Å². The van der Waals surface area contributed by atoms with E-state index in [1.165, 1.54) is 21.9 Å². The van der Waals surface area contributed by atoms with Crippen molar-refractivity contribution in [2.24, 2.45) is 0 Å². The van der Waals surface area contributed by atoms with Crippen molar-refractivity contribution in [3.05, 3.63) is 42.7 Å². The largest absolute Gasteiger partial charge is 0.0532 e. The smallest absolute Gasteiger partial charge is 0.0276 e. The Morgan fingerprint density at radius 2 is 1.50 bits per heavy atom. The number of benzene rings is 2. The van der Waals surface area contributed by atoms with E-state index in [0.29, 0.717) is 0 Å². The average Bonchev–Trinajstić information content (AvgIpc) is 2.53. The van der Waals surface area contributed by atoms with Gasteiger partial charge in [0.05, 0.1) is 0 Å².